The van der Waals surface area contributed by atoms with Crippen LogP contribution in [0.15, 0.2) is 12.1 Å². The highest BCUT2D eigenvalue weighted by Gasteiger charge is 2.33. The molecule has 1 aromatic rings. The average Bonchev–Trinajstić information content (AvgIpc) is 2.50. The van der Waals surface area contributed by atoms with Gasteiger partial charge in [0.25, 0.3) is 0 Å². The highest BCUT2D eigenvalue weighted by atomic mass is 16.5. The summed E-state index contributed by atoms with van der Waals surface area (Å²) in [5, 5.41) is 27.2. The standard InChI is InChI=1S/C15H20BNO7/c1-2-9-3-4-11(13(15(20)21)14(9)24-16-22)23-10-7-17(8-10)12(19)5-6-18/h3-4,10,16,18,22H,2,5-8H2,1H3,(H,20,21). The van der Waals surface area contributed by atoms with E-state index in [4.69, 9.17) is 19.5 Å². The molecule has 1 fully saturated rings. The van der Waals surface area contributed by atoms with Gasteiger partial charge in [-0.25, -0.2) is 4.79 Å². The van der Waals surface area contributed by atoms with E-state index in [1.165, 1.54) is 4.90 Å². The predicted octanol–water partition coefficient (Wildman–Crippen LogP) is -0.443. The summed E-state index contributed by atoms with van der Waals surface area (Å²) in [4.78, 5) is 24.7. The molecule has 0 saturated carbocycles. The number of carbonyl (C=O) groups excluding carboxylic acids is 1. The van der Waals surface area contributed by atoms with Crippen molar-refractivity contribution in [1.82, 2.24) is 4.90 Å². The van der Waals surface area contributed by atoms with Gasteiger partial charge in [-0.05, 0) is 18.1 Å². The Morgan fingerprint density at radius 2 is 2.08 bits per heavy atom. The zero-order chi connectivity index (χ0) is 17.7. The second-order valence-electron chi connectivity index (χ2n) is 5.37. The van der Waals surface area contributed by atoms with Crippen LogP contribution < -0.4 is 9.39 Å². The molecule has 2 rings (SSSR count). The van der Waals surface area contributed by atoms with Crippen LogP contribution in [0.4, 0.5) is 0 Å². The number of carboxylic acids is 1. The van der Waals surface area contributed by atoms with Crippen molar-refractivity contribution in [2.24, 2.45) is 0 Å². The fraction of sp³-hybridized carbons (Fsp3) is 0.467. The van der Waals surface area contributed by atoms with E-state index in [1.807, 2.05) is 6.92 Å². The smallest absolute Gasteiger partial charge is 0.504 e. The molecule has 0 spiro atoms. The van der Waals surface area contributed by atoms with Crippen LogP contribution >= 0.6 is 0 Å². The van der Waals surface area contributed by atoms with Gasteiger partial charge in [0, 0.05) is 6.42 Å². The number of ether oxygens (including phenoxy) is 1. The van der Waals surface area contributed by atoms with Gasteiger partial charge in [-0.15, -0.1) is 0 Å². The van der Waals surface area contributed by atoms with Crippen LogP contribution in [0, 0.1) is 0 Å². The summed E-state index contributed by atoms with van der Waals surface area (Å²) in [6, 6.07) is 3.25. The number of rotatable bonds is 8. The molecule has 3 N–H and O–H groups in total. The summed E-state index contributed by atoms with van der Waals surface area (Å²) >= 11 is 0. The van der Waals surface area contributed by atoms with E-state index in [1.54, 1.807) is 12.1 Å². The normalized spacial score (nSPS) is 14.0. The third kappa shape index (κ3) is 3.80. The van der Waals surface area contributed by atoms with E-state index in [9.17, 15) is 14.7 Å². The van der Waals surface area contributed by atoms with E-state index in [2.05, 4.69) is 0 Å². The Morgan fingerprint density at radius 1 is 1.38 bits per heavy atom. The molecule has 130 valence electrons. The Morgan fingerprint density at radius 3 is 2.62 bits per heavy atom. The summed E-state index contributed by atoms with van der Waals surface area (Å²) in [5.41, 5.74) is 0.519. The Bertz CT molecular complexity index is 616. The zero-order valence-corrected chi connectivity index (χ0v) is 13.4. The van der Waals surface area contributed by atoms with E-state index in [0.717, 1.165) is 0 Å². The monoisotopic (exact) mass is 337 g/mol. The molecule has 1 aromatic carbocycles. The molecule has 1 aliphatic rings. The number of likely N-dealkylation sites (tertiary alicyclic amines) is 1. The number of hydrogen-bond donors (Lipinski definition) is 3. The Hall–Kier alpha value is -2.26. The topological polar surface area (TPSA) is 117 Å². The molecule has 1 heterocycles. The van der Waals surface area contributed by atoms with E-state index in [-0.39, 0.29) is 42.1 Å². The van der Waals surface area contributed by atoms with Crippen molar-refractivity contribution < 1.29 is 34.2 Å². The summed E-state index contributed by atoms with van der Waals surface area (Å²) in [6.07, 6.45) is 0.287. The number of hydrogen-bond acceptors (Lipinski definition) is 6. The first-order valence-electron chi connectivity index (χ1n) is 7.69. The lowest BCUT2D eigenvalue weighted by Crippen LogP contribution is -2.56. The Labute approximate surface area is 139 Å². The minimum absolute atomic E-state index is 0.0623. The first-order chi connectivity index (χ1) is 11.5. The third-order valence-corrected chi connectivity index (χ3v) is 3.82. The maximum absolute atomic E-state index is 11.6. The molecule has 24 heavy (non-hydrogen) atoms. The van der Waals surface area contributed by atoms with Crippen LogP contribution in [0.3, 0.4) is 0 Å². The molecule has 1 saturated heterocycles. The van der Waals surface area contributed by atoms with Crippen molar-refractivity contribution in [1.29, 1.82) is 0 Å². The number of carboxylic acid groups (broad SMARTS) is 1. The molecule has 8 nitrogen and oxygen atoms in total. The van der Waals surface area contributed by atoms with Gasteiger partial charge < -0.3 is 29.5 Å². The fourth-order valence-electron chi connectivity index (χ4n) is 2.57. The lowest BCUT2D eigenvalue weighted by molar-refractivity contribution is -0.140. The van der Waals surface area contributed by atoms with Gasteiger partial charge in [0.1, 0.15) is 23.2 Å². The van der Waals surface area contributed by atoms with Gasteiger partial charge in [0.05, 0.1) is 19.7 Å². The van der Waals surface area contributed by atoms with Crippen LogP contribution in [-0.2, 0) is 11.2 Å². The van der Waals surface area contributed by atoms with Crippen molar-refractivity contribution in [2.75, 3.05) is 19.7 Å². The molecule has 9 heteroatoms. The number of amides is 1. The molecule has 0 aromatic heterocycles. The SMILES string of the molecule is CCc1ccc(OC2CN(C(=O)CCO)C2)c(C(=O)O)c1OBO. The van der Waals surface area contributed by atoms with Crippen molar-refractivity contribution in [3.63, 3.8) is 0 Å². The summed E-state index contributed by atoms with van der Waals surface area (Å²) in [6.45, 7) is 2.32. The molecule has 0 radical (unpaired) electrons. The van der Waals surface area contributed by atoms with E-state index in [0.29, 0.717) is 25.1 Å². The molecule has 0 atom stereocenters. The second-order valence-corrected chi connectivity index (χ2v) is 5.37. The van der Waals surface area contributed by atoms with E-state index < -0.39 is 13.7 Å². The summed E-state index contributed by atoms with van der Waals surface area (Å²) < 4.78 is 10.8. The number of aryl methyl sites for hydroxylation is 1. The Kier molecular flexibility index (Phi) is 6.05. The average molecular weight is 337 g/mol. The first kappa shape index (κ1) is 18.1. The lowest BCUT2D eigenvalue weighted by Gasteiger charge is -2.39. The molecular weight excluding hydrogens is 317 g/mol. The number of nitrogens with zero attached hydrogens (tertiary/aromatic N) is 1. The molecule has 0 unspecified atom stereocenters. The first-order valence-corrected chi connectivity index (χ1v) is 7.69. The number of benzene rings is 1. The van der Waals surface area contributed by atoms with Crippen LogP contribution in [0.5, 0.6) is 11.5 Å². The number of carbonyl (C=O) groups is 2. The van der Waals surface area contributed by atoms with Crippen molar-refractivity contribution >= 4 is 19.6 Å². The summed E-state index contributed by atoms with van der Waals surface area (Å²) in [5.74, 6) is -1.14. The fourth-order valence-corrected chi connectivity index (χ4v) is 2.57. The van der Waals surface area contributed by atoms with Gasteiger partial charge in [-0.3, -0.25) is 4.79 Å². The van der Waals surface area contributed by atoms with Crippen molar-refractivity contribution in [3.05, 3.63) is 23.3 Å². The molecular formula is C15H20BNO7. The van der Waals surface area contributed by atoms with Gasteiger partial charge in [-0.2, -0.15) is 0 Å². The van der Waals surface area contributed by atoms with Crippen LogP contribution in [0.25, 0.3) is 0 Å². The second kappa shape index (κ2) is 8.03. The third-order valence-electron chi connectivity index (χ3n) is 3.82. The minimum Gasteiger partial charge on any atom is -0.538 e. The quantitative estimate of drug-likeness (QED) is 0.551. The van der Waals surface area contributed by atoms with E-state index >= 15 is 0 Å². The Balaban J connectivity index is 2.15. The highest BCUT2D eigenvalue weighted by molar-refractivity contribution is 6.18. The minimum atomic E-state index is -1.21. The maximum Gasteiger partial charge on any atom is 0.504 e. The van der Waals surface area contributed by atoms with Crippen molar-refractivity contribution in [3.8, 4) is 11.5 Å². The number of aliphatic hydroxyl groups is 1. The lowest BCUT2D eigenvalue weighted by atomic mass is 10.0. The van der Waals surface area contributed by atoms with Crippen molar-refractivity contribution in [2.45, 2.75) is 25.9 Å². The molecule has 1 amide bonds. The zero-order valence-electron chi connectivity index (χ0n) is 13.4. The van der Waals surface area contributed by atoms with Crippen LogP contribution in [0.1, 0.15) is 29.3 Å². The highest BCUT2D eigenvalue weighted by Crippen LogP contribution is 2.34. The van der Waals surface area contributed by atoms with Gasteiger partial charge in [0.15, 0.2) is 0 Å². The van der Waals surface area contributed by atoms with Crippen LogP contribution in [0.2, 0.25) is 0 Å². The predicted molar refractivity (Wildman–Crippen MR) is 85.5 cm³/mol. The van der Waals surface area contributed by atoms with Gasteiger partial charge in [0.2, 0.25) is 5.91 Å². The molecule has 1 aliphatic heterocycles. The maximum atomic E-state index is 11.6. The largest absolute Gasteiger partial charge is 0.538 e. The van der Waals surface area contributed by atoms with Crippen LogP contribution in [-0.4, -0.2) is 65.5 Å². The van der Waals surface area contributed by atoms with Gasteiger partial charge >= 0.3 is 13.7 Å². The number of aliphatic hydroxyl groups excluding tert-OH is 1. The molecule has 0 aliphatic carbocycles. The van der Waals surface area contributed by atoms with Gasteiger partial charge in [-0.1, -0.05) is 13.0 Å². The molecule has 0 bridgehead atoms. The number of aromatic carboxylic acids is 1. The summed E-state index contributed by atoms with van der Waals surface area (Å²) in [7, 11) is -0.635.